The second kappa shape index (κ2) is 6.61. The molecule has 0 aromatic carbocycles. The van der Waals surface area contributed by atoms with Crippen molar-refractivity contribution in [2.45, 2.75) is 24.9 Å². The predicted octanol–water partition coefficient (Wildman–Crippen LogP) is 2.21. The van der Waals surface area contributed by atoms with Crippen LogP contribution in [0.25, 0.3) is 5.65 Å². The largest absolute Gasteiger partial charge is 0.316 e. The summed E-state index contributed by atoms with van der Waals surface area (Å²) >= 11 is 1.74. The van der Waals surface area contributed by atoms with Crippen molar-refractivity contribution in [3.63, 3.8) is 0 Å². The van der Waals surface area contributed by atoms with Gasteiger partial charge in [0.15, 0.2) is 10.8 Å². The molecule has 0 atom stereocenters. The van der Waals surface area contributed by atoms with Gasteiger partial charge in [-0.3, -0.25) is 4.40 Å². The number of thioether (sulfide) groups is 1. The number of nitrogens with zero attached hydrogens (tertiary/aromatic N) is 3. The average molecular weight is 250 g/mol. The highest BCUT2D eigenvalue weighted by Gasteiger charge is 2.03. The maximum atomic E-state index is 4.18. The van der Waals surface area contributed by atoms with Crippen LogP contribution in [-0.4, -0.2) is 33.4 Å². The van der Waals surface area contributed by atoms with Crippen molar-refractivity contribution in [1.82, 2.24) is 19.9 Å². The van der Waals surface area contributed by atoms with Crippen LogP contribution in [0.1, 0.15) is 19.8 Å². The second-order valence-electron chi connectivity index (χ2n) is 3.86. The molecule has 2 aromatic rings. The molecule has 0 unspecified atom stereocenters. The van der Waals surface area contributed by atoms with Gasteiger partial charge in [-0.05, 0) is 25.1 Å². The van der Waals surface area contributed by atoms with Gasteiger partial charge in [-0.15, -0.1) is 10.2 Å². The third kappa shape index (κ3) is 3.44. The van der Waals surface area contributed by atoms with Crippen LogP contribution in [0.5, 0.6) is 0 Å². The van der Waals surface area contributed by atoms with Crippen LogP contribution in [0.15, 0.2) is 29.6 Å². The van der Waals surface area contributed by atoms with E-state index in [9.17, 15) is 0 Å². The van der Waals surface area contributed by atoms with E-state index in [2.05, 4.69) is 22.4 Å². The SMILES string of the molecule is CCCCNCCSc1nnc2ccccn12. The maximum Gasteiger partial charge on any atom is 0.195 e. The number of aromatic nitrogens is 3. The Hall–Kier alpha value is -1.07. The van der Waals surface area contributed by atoms with E-state index in [1.165, 1.54) is 12.8 Å². The molecule has 2 heterocycles. The van der Waals surface area contributed by atoms with Gasteiger partial charge in [-0.2, -0.15) is 0 Å². The zero-order valence-electron chi connectivity index (χ0n) is 10.1. The molecule has 1 N–H and O–H groups in total. The van der Waals surface area contributed by atoms with E-state index in [1.807, 2.05) is 28.8 Å². The summed E-state index contributed by atoms with van der Waals surface area (Å²) in [6.45, 7) is 4.34. The summed E-state index contributed by atoms with van der Waals surface area (Å²) in [4.78, 5) is 0. The van der Waals surface area contributed by atoms with Crippen molar-refractivity contribution >= 4 is 17.4 Å². The third-order valence-corrected chi connectivity index (χ3v) is 3.44. The first kappa shape index (κ1) is 12.4. The lowest BCUT2D eigenvalue weighted by atomic mass is 10.3. The normalized spacial score (nSPS) is 11.1. The Kier molecular flexibility index (Phi) is 4.82. The van der Waals surface area contributed by atoms with Crippen LogP contribution in [-0.2, 0) is 0 Å². The fraction of sp³-hybridized carbons (Fsp3) is 0.500. The van der Waals surface area contributed by atoms with Gasteiger partial charge >= 0.3 is 0 Å². The van der Waals surface area contributed by atoms with Crippen LogP contribution < -0.4 is 5.32 Å². The van der Waals surface area contributed by atoms with E-state index in [0.29, 0.717) is 0 Å². The summed E-state index contributed by atoms with van der Waals surface area (Å²) in [7, 11) is 0. The molecule has 0 bridgehead atoms. The number of unbranched alkanes of at least 4 members (excludes halogenated alkanes) is 1. The van der Waals surface area contributed by atoms with E-state index in [4.69, 9.17) is 0 Å². The summed E-state index contributed by atoms with van der Waals surface area (Å²) in [6.07, 6.45) is 4.50. The molecule has 0 amide bonds. The molecule has 0 fully saturated rings. The first-order valence-corrected chi connectivity index (χ1v) is 7.03. The molecule has 0 aliphatic rings. The standard InChI is InChI=1S/C12H18N4S/c1-2-3-7-13-8-10-17-12-15-14-11-6-4-5-9-16(11)12/h4-6,9,13H,2-3,7-8,10H2,1H3. The fourth-order valence-electron chi connectivity index (χ4n) is 1.56. The van der Waals surface area contributed by atoms with E-state index >= 15 is 0 Å². The van der Waals surface area contributed by atoms with Gasteiger partial charge in [0.2, 0.25) is 0 Å². The molecular weight excluding hydrogens is 232 g/mol. The Labute approximate surface area is 106 Å². The molecule has 0 aliphatic carbocycles. The molecule has 2 rings (SSSR count). The first-order valence-electron chi connectivity index (χ1n) is 6.05. The molecule has 0 aliphatic heterocycles. The molecule has 17 heavy (non-hydrogen) atoms. The van der Waals surface area contributed by atoms with Crippen LogP contribution in [0, 0.1) is 0 Å². The summed E-state index contributed by atoms with van der Waals surface area (Å²) in [5, 5.41) is 12.7. The second-order valence-corrected chi connectivity index (χ2v) is 4.93. The molecule has 0 saturated carbocycles. The highest BCUT2D eigenvalue weighted by molar-refractivity contribution is 7.99. The highest BCUT2D eigenvalue weighted by atomic mass is 32.2. The van der Waals surface area contributed by atoms with Crippen molar-refractivity contribution in [2.75, 3.05) is 18.8 Å². The lowest BCUT2D eigenvalue weighted by Gasteiger charge is -2.02. The van der Waals surface area contributed by atoms with Gasteiger partial charge in [-0.1, -0.05) is 31.2 Å². The summed E-state index contributed by atoms with van der Waals surface area (Å²) in [5.41, 5.74) is 0.911. The topological polar surface area (TPSA) is 42.2 Å². The number of nitrogens with one attached hydrogen (secondary N) is 1. The number of fused-ring (bicyclic) bond motifs is 1. The van der Waals surface area contributed by atoms with E-state index in [-0.39, 0.29) is 0 Å². The third-order valence-electron chi connectivity index (χ3n) is 2.50. The maximum absolute atomic E-state index is 4.18. The van der Waals surface area contributed by atoms with Crippen LogP contribution >= 0.6 is 11.8 Å². The molecular formula is C12H18N4S. The predicted molar refractivity (Wildman–Crippen MR) is 71.5 cm³/mol. The minimum absolute atomic E-state index is 0.911. The van der Waals surface area contributed by atoms with Gasteiger partial charge < -0.3 is 5.32 Å². The molecule has 4 nitrogen and oxygen atoms in total. The lowest BCUT2D eigenvalue weighted by molar-refractivity contribution is 0.666. The Balaban J connectivity index is 1.79. The summed E-state index contributed by atoms with van der Waals surface area (Å²) in [6, 6.07) is 5.95. The highest BCUT2D eigenvalue weighted by Crippen LogP contribution is 2.15. The number of hydrogen-bond acceptors (Lipinski definition) is 4. The van der Waals surface area contributed by atoms with Gasteiger partial charge in [0.25, 0.3) is 0 Å². The molecule has 0 spiro atoms. The smallest absolute Gasteiger partial charge is 0.195 e. The van der Waals surface area contributed by atoms with Crippen molar-refractivity contribution in [3.8, 4) is 0 Å². The zero-order valence-corrected chi connectivity index (χ0v) is 10.9. The zero-order chi connectivity index (χ0) is 11.9. The summed E-state index contributed by atoms with van der Waals surface area (Å²) in [5.74, 6) is 1.03. The minimum Gasteiger partial charge on any atom is -0.316 e. The Bertz CT molecular complexity index is 454. The monoisotopic (exact) mass is 250 g/mol. The van der Waals surface area contributed by atoms with E-state index in [0.717, 1.165) is 29.6 Å². The molecule has 92 valence electrons. The average Bonchev–Trinajstić information content (AvgIpc) is 2.77. The lowest BCUT2D eigenvalue weighted by Crippen LogP contribution is -2.18. The Morgan fingerprint density at radius 3 is 3.12 bits per heavy atom. The molecule has 2 aromatic heterocycles. The number of hydrogen-bond donors (Lipinski definition) is 1. The first-order chi connectivity index (χ1) is 8.42. The summed E-state index contributed by atoms with van der Waals surface area (Å²) < 4.78 is 2.02. The minimum atomic E-state index is 0.911. The van der Waals surface area contributed by atoms with Gasteiger partial charge in [-0.25, -0.2) is 0 Å². The van der Waals surface area contributed by atoms with Gasteiger partial charge in [0.1, 0.15) is 0 Å². The van der Waals surface area contributed by atoms with Crippen molar-refractivity contribution in [3.05, 3.63) is 24.4 Å². The van der Waals surface area contributed by atoms with Crippen molar-refractivity contribution in [2.24, 2.45) is 0 Å². The van der Waals surface area contributed by atoms with E-state index in [1.54, 1.807) is 11.8 Å². The molecule has 0 saturated heterocycles. The van der Waals surface area contributed by atoms with Crippen molar-refractivity contribution in [1.29, 1.82) is 0 Å². The fourth-order valence-corrected chi connectivity index (χ4v) is 2.38. The van der Waals surface area contributed by atoms with E-state index < -0.39 is 0 Å². The van der Waals surface area contributed by atoms with Gasteiger partial charge in [0.05, 0.1) is 0 Å². The van der Waals surface area contributed by atoms with Crippen LogP contribution in [0.2, 0.25) is 0 Å². The Morgan fingerprint density at radius 2 is 2.24 bits per heavy atom. The number of pyridine rings is 1. The van der Waals surface area contributed by atoms with Crippen LogP contribution in [0.4, 0.5) is 0 Å². The van der Waals surface area contributed by atoms with Crippen LogP contribution in [0.3, 0.4) is 0 Å². The quantitative estimate of drug-likeness (QED) is 0.604. The molecule has 0 radical (unpaired) electrons. The van der Waals surface area contributed by atoms with Gasteiger partial charge in [0, 0.05) is 18.5 Å². The number of rotatable bonds is 7. The Morgan fingerprint density at radius 1 is 1.29 bits per heavy atom. The molecule has 5 heteroatoms. The van der Waals surface area contributed by atoms with Crippen molar-refractivity contribution < 1.29 is 0 Å².